The van der Waals surface area contributed by atoms with Crippen molar-refractivity contribution in [3.63, 3.8) is 0 Å². The van der Waals surface area contributed by atoms with E-state index in [9.17, 15) is 4.79 Å². The Morgan fingerprint density at radius 3 is 2.82 bits per heavy atom. The van der Waals surface area contributed by atoms with Gasteiger partial charge in [-0.3, -0.25) is 0 Å². The van der Waals surface area contributed by atoms with Gasteiger partial charge in [0.05, 0.1) is 11.6 Å². The number of aromatic nitrogens is 1. The lowest BCUT2D eigenvalue weighted by molar-refractivity contribution is 0.0595. The van der Waals surface area contributed by atoms with Gasteiger partial charge in [-0.15, -0.1) is 0 Å². The predicted octanol–water partition coefficient (Wildman–Crippen LogP) is 3.30. The first kappa shape index (κ1) is 12.6. The van der Waals surface area contributed by atoms with Gasteiger partial charge in [0.2, 0.25) is 0 Å². The number of esters is 1. The van der Waals surface area contributed by atoms with Crippen molar-refractivity contribution < 1.29 is 13.9 Å². The number of furan rings is 1. The second kappa shape index (κ2) is 4.79. The first-order valence-corrected chi connectivity index (χ1v) is 6.73. The molecule has 2 N–H and O–H groups in total. The molecule has 0 aromatic carbocycles. The number of nitrogens with two attached hydrogens (primary N) is 1. The van der Waals surface area contributed by atoms with Gasteiger partial charge >= 0.3 is 5.97 Å². The number of nitrogen functional groups attached to an aromatic ring is 1. The number of halogens is 2. The van der Waals surface area contributed by atoms with Crippen LogP contribution < -0.4 is 5.73 Å². The van der Waals surface area contributed by atoms with E-state index in [1.165, 1.54) is 7.11 Å². The van der Waals surface area contributed by atoms with Crippen LogP contribution in [0.3, 0.4) is 0 Å². The van der Waals surface area contributed by atoms with Crippen molar-refractivity contribution in [1.82, 2.24) is 4.98 Å². The predicted molar refractivity (Wildman–Crippen MR) is 71.0 cm³/mol. The second-order valence-corrected chi connectivity index (χ2v) is 5.56. The standard InChI is InChI=1S/C9H6Br2N2O3S/c1-15-8(14)5-6(17-9(12)13-5)4-2-3(10)7(11)16-4/h2H,1H3,(H2,12,13). The molecular weight excluding hydrogens is 376 g/mol. The minimum Gasteiger partial charge on any atom is -0.464 e. The number of methoxy groups -OCH3 is 1. The normalized spacial score (nSPS) is 10.5. The molecule has 0 unspecified atom stereocenters. The number of hydrogen-bond donors (Lipinski definition) is 1. The number of rotatable bonds is 2. The maximum atomic E-state index is 11.5. The molecule has 0 saturated carbocycles. The average molecular weight is 382 g/mol. The zero-order valence-corrected chi connectivity index (χ0v) is 12.5. The number of ether oxygens (including phenoxy) is 1. The van der Waals surface area contributed by atoms with Crippen LogP contribution in [0.2, 0.25) is 0 Å². The van der Waals surface area contributed by atoms with Gasteiger partial charge in [0.15, 0.2) is 15.5 Å². The molecule has 17 heavy (non-hydrogen) atoms. The Labute approximate surface area is 117 Å². The molecule has 0 aliphatic rings. The van der Waals surface area contributed by atoms with Crippen LogP contribution in [0, 0.1) is 0 Å². The monoisotopic (exact) mass is 380 g/mol. The maximum absolute atomic E-state index is 11.5. The van der Waals surface area contributed by atoms with Crippen molar-refractivity contribution in [3.8, 4) is 10.6 Å². The van der Waals surface area contributed by atoms with Crippen LogP contribution in [0.5, 0.6) is 0 Å². The Hall–Kier alpha value is -0.860. The Bertz CT molecular complexity index is 559. The Morgan fingerprint density at radius 2 is 2.29 bits per heavy atom. The Balaban J connectivity index is 2.55. The minimum absolute atomic E-state index is 0.156. The largest absolute Gasteiger partial charge is 0.464 e. The van der Waals surface area contributed by atoms with Gasteiger partial charge in [0.25, 0.3) is 0 Å². The lowest BCUT2D eigenvalue weighted by atomic mass is 10.3. The summed E-state index contributed by atoms with van der Waals surface area (Å²) in [5, 5.41) is 0.282. The highest BCUT2D eigenvalue weighted by Gasteiger charge is 2.22. The summed E-state index contributed by atoms with van der Waals surface area (Å²) >= 11 is 7.68. The van der Waals surface area contributed by atoms with Crippen molar-refractivity contribution >= 4 is 54.3 Å². The molecule has 2 heterocycles. The van der Waals surface area contributed by atoms with Gasteiger partial charge in [0, 0.05) is 6.07 Å². The summed E-state index contributed by atoms with van der Waals surface area (Å²) in [5.41, 5.74) is 5.74. The summed E-state index contributed by atoms with van der Waals surface area (Å²) in [6.45, 7) is 0. The molecule has 2 aromatic rings. The summed E-state index contributed by atoms with van der Waals surface area (Å²) < 4.78 is 11.3. The first-order chi connectivity index (χ1) is 8.02. The number of thiazole rings is 1. The van der Waals surface area contributed by atoms with Crippen LogP contribution in [0.15, 0.2) is 19.6 Å². The molecule has 0 aliphatic heterocycles. The average Bonchev–Trinajstić information content (AvgIpc) is 2.82. The van der Waals surface area contributed by atoms with Crippen molar-refractivity contribution in [3.05, 3.63) is 20.9 Å². The number of nitrogens with zero attached hydrogens (tertiary/aromatic N) is 1. The molecule has 5 nitrogen and oxygen atoms in total. The molecule has 0 aliphatic carbocycles. The summed E-state index contributed by atoms with van der Waals surface area (Å²) in [6.07, 6.45) is 0. The summed E-state index contributed by atoms with van der Waals surface area (Å²) in [6, 6.07) is 1.73. The quantitative estimate of drug-likeness (QED) is 0.807. The summed E-state index contributed by atoms with van der Waals surface area (Å²) in [5.74, 6) is -0.0463. The van der Waals surface area contributed by atoms with E-state index in [0.717, 1.165) is 15.8 Å². The summed E-state index contributed by atoms with van der Waals surface area (Å²) in [4.78, 5) is 16.0. The van der Waals surface area contributed by atoms with Gasteiger partial charge in [-0.1, -0.05) is 11.3 Å². The molecule has 90 valence electrons. The molecular formula is C9H6Br2N2O3S. The van der Waals surface area contributed by atoms with E-state index in [0.29, 0.717) is 15.3 Å². The lowest BCUT2D eigenvalue weighted by Gasteiger charge is -1.96. The Kier molecular flexibility index (Phi) is 3.55. The highest BCUT2D eigenvalue weighted by molar-refractivity contribution is 9.13. The smallest absolute Gasteiger partial charge is 0.358 e. The van der Waals surface area contributed by atoms with E-state index in [1.807, 2.05) is 0 Å². The second-order valence-electron chi connectivity index (χ2n) is 2.95. The van der Waals surface area contributed by atoms with E-state index < -0.39 is 5.97 Å². The third-order valence-corrected chi connectivity index (χ3v) is 4.50. The number of carbonyl (C=O) groups excluding carboxylic acids is 1. The first-order valence-electron chi connectivity index (χ1n) is 4.32. The number of hydrogen-bond acceptors (Lipinski definition) is 6. The fourth-order valence-electron chi connectivity index (χ4n) is 1.20. The van der Waals surface area contributed by atoms with E-state index in [2.05, 4.69) is 41.6 Å². The lowest BCUT2D eigenvalue weighted by Crippen LogP contribution is -2.03. The van der Waals surface area contributed by atoms with E-state index in [-0.39, 0.29) is 10.8 Å². The van der Waals surface area contributed by atoms with Gasteiger partial charge in [0.1, 0.15) is 10.6 Å². The zero-order valence-electron chi connectivity index (χ0n) is 8.49. The maximum Gasteiger partial charge on any atom is 0.358 e. The van der Waals surface area contributed by atoms with Gasteiger partial charge in [-0.2, -0.15) is 0 Å². The molecule has 0 fully saturated rings. The molecule has 0 spiro atoms. The molecule has 0 atom stereocenters. The zero-order chi connectivity index (χ0) is 12.6. The molecule has 2 rings (SSSR count). The van der Waals surface area contributed by atoms with Crippen LogP contribution >= 0.6 is 43.2 Å². The molecule has 8 heteroatoms. The minimum atomic E-state index is -0.545. The van der Waals surface area contributed by atoms with Crippen LogP contribution in [-0.2, 0) is 4.74 Å². The van der Waals surface area contributed by atoms with E-state index in [1.54, 1.807) is 6.07 Å². The molecule has 0 radical (unpaired) electrons. The van der Waals surface area contributed by atoms with E-state index >= 15 is 0 Å². The van der Waals surface area contributed by atoms with Crippen molar-refractivity contribution in [1.29, 1.82) is 0 Å². The topological polar surface area (TPSA) is 78.3 Å². The van der Waals surface area contributed by atoms with Gasteiger partial charge in [-0.05, 0) is 31.9 Å². The van der Waals surface area contributed by atoms with Crippen molar-refractivity contribution in [2.24, 2.45) is 0 Å². The van der Waals surface area contributed by atoms with Crippen molar-refractivity contribution in [2.75, 3.05) is 12.8 Å². The fourth-order valence-corrected chi connectivity index (χ4v) is 2.55. The molecule has 0 bridgehead atoms. The van der Waals surface area contributed by atoms with Crippen LogP contribution in [0.4, 0.5) is 5.13 Å². The van der Waals surface area contributed by atoms with Gasteiger partial charge in [-0.25, -0.2) is 9.78 Å². The fraction of sp³-hybridized carbons (Fsp3) is 0.111. The SMILES string of the molecule is COC(=O)c1nc(N)sc1-c1cc(Br)c(Br)o1. The van der Waals surface area contributed by atoms with Crippen LogP contribution in [0.1, 0.15) is 10.5 Å². The van der Waals surface area contributed by atoms with E-state index in [4.69, 9.17) is 10.2 Å². The molecule has 0 saturated heterocycles. The third kappa shape index (κ3) is 2.38. The summed E-state index contributed by atoms with van der Waals surface area (Å²) in [7, 11) is 1.29. The van der Waals surface area contributed by atoms with Crippen molar-refractivity contribution in [2.45, 2.75) is 0 Å². The third-order valence-electron chi connectivity index (χ3n) is 1.89. The van der Waals surface area contributed by atoms with Crippen LogP contribution in [0.25, 0.3) is 10.6 Å². The number of anilines is 1. The van der Waals surface area contributed by atoms with Crippen LogP contribution in [-0.4, -0.2) is 18.1 Å². The highest BCUT2D eigenvalue weighted by atomic mass is 79.9. The van der Waals surface area contributed by atoms with Gasteiger partial charge < -0.3 is 14.9 Å². The molecule has 0 amide bonds. The highest BCUT2D eigenvalue weighted by Crippen LogP contribution is 2.38. The number of carbonyl (C=O) groups is 1. The molecule has 2 aromatic heterocycles. The Morgan fingerprint density at radius 1 is 1.59 bits per heavy atom.